The number of hydrogen-bond donors (Lipinski definition) is 2. The molecule has 0 saturated heterocycles. The van der Waals surface area contributed by atoms with E-state index in [9.17, 15) is 9.59 Å². The molecule has 0 bridgehead atoms. The van der Waals surface area contributed by atoms with E-state index in [2.05, 4.69) is 22.7 Å². The standard InChI is InChI=1S/C18H22N4O2/c1-4-13(2)22-16(11-12-20-22)21-17(23)10-7-14-5-8-15(9-6-14)18(24)19-3/h5-13H,4H2,1-3H3,(H,19,24)(H,21,23)/b10-7+. The molecule has 2 rings (SSSR count). The first-order valence-electron chi connectivity index (χ1n) is 7.90. The SMILES string of the molecule is CCC(C)n1nccc1NC(=O)/C=C/c1ccc(C(=O)NC)cc1. The van der Waals surface area contributed by atoms with E-state index in [1.54, 1.807) is 54.3 Å². The molecule has 6 heteroatoms. The molecule has 1 aromatic heterocycles. The maximum atomic E-state index is 12.1. The van der Waals surface area contributed by atoms with Crippen LogP contribution >= 0.6 is 0 Å². The first-order chi connectivity index (χ1) is 11.5. The highest BCUT2D eigenvalue weighted by atomic mass is 16.2. The molecule has 2 aromatic rings. The van der Waals surface area contributed by atoms with Crippen LogP contribution in [-0.4, -0.2) is 28.6 Å². The molecule has 2 amide bonds. The summed E-state index contributed by atoms with van der Waals surface area (Å²) in [7, 11) is 1.59. The van der Waals surface area contributed by atoms with E-state index in [1.165, 1.54) is 6.08 Å². The van der Waals surface area contributed by atoms with Crippen molar-refractivity contribution in [1.82, 2.24) is 15.1 Å². The number of carbonyl (C=O) groups excluding carboxylic acids is 2. The van der Waals surface area contributed by atoms with Crippen molar-refractivity contribution in [2.24, 2.45) is 0 Å². The molecule has 0 aliphatic carbocycles. The number of nitrogens with one attached hydrogen (secondary N) is 2. The van der Waals surface area contributed by atoms with Gasteiger partial charge >= 0.3 is 0 Å². The predicted molar refractivity (Wildman–Crippen MR) is 94.7 cm³/mol. The second kappa shape index (κ2) is 8.10. The average Bonchev–Trinajstić information content (AvgIpc) is 3.07. The van der Waals surface area contributed by atoms with Crippen LogP contribution in [0.5, 0.6) is 0 Å². The fraction of sp³-hybridized carbons (Fsp3) is 0.278. The second-order valence-electron chi connectivity index (χ2n) is 5.44. The highest BCUT2D eigenvalue weighted by Gasteiger charge is 2.09. The number of hydrogen-bond acceptors (Lipinski definition) is 3. The van der Waals surface area contributed by atoms with Crippen LogP contribution in [0.2, 0.25) is 0 Å². The molecule has 0 fully saturated rings. The Morgan fingerprint density at radius 2 is 1.96 bits per heavy atom. The number of amides is 2. The Balaban J connectivity index is 2.01. The van der Waals surface area contributed by atoms with Gasteiger partial charge in [-0.3, -0.25) is 9.59 Å². The first-order valence-corrected chi connectivity index (χ1v) is 7.90. The van der Waals surface area contributed by atoms with Gasteiger partial charge in [-0.25, -0.2) is 4.68 Å². The van der Waals surface area contributed by atoms with Gasteiger partial charge in [-0.15, -0.1) is 0 Å². The van der Waals surface area contributed by atoms with Crippen molar-refractivity contribution in [2.75, 3.05) is 12.4 Å². The van der Waals surface area contributed by atoms with E-state index < -0.39 is 0 Å². The van der Waals surface area contributed by atoms with Crippen molar-refractivity contribution in [3.63, 3.8) is 0 Å². The molecule has 126 valence electrons. The Hall–Kier alpha value is -2.89. The third-order valence-corrected chi connectivity index (χ3v) is 3.76. The molecule has 0 aliphatic heterocycles. The molecule has 2 N–H and O–H groups in total. The Morgan fingerprint density at radius 3 is 2.58 bits per heavy atom. The number of carbonyl (C=O) groups is 2. The van der Waals surface area contributed by atoms with Crippen LogP contribution < -0.4 is 10.6 Å². The molecular weight excluding hydrogens is 304 g/mol. The van der Waals surface area contributed by atoms with Crippen molar-refractivity contribution in [2.45, 2.75) is 26.3 Å². The van der Waals surface area contributed by atoms with Gasteiger partial charge in [0, 0.05) is 24.8 Å². The van der Waals surface area contributed by atoms with E-state index >= 15 is 0 Å². The molecule has 0 saturated carbocycles. The highest BCUT2D eigenvalue weighted by molar-refractivity contribution is 6.01. The van der Waals surface area contributed by atoms with Gasteiger partial charge in [0.1, 0.15) is 5.82 Å². The number of aromatic nitrogens is 2. The van der Waals surface area contributed by atoms with Crippen molar-refractivity contribution in [3.05, 3.63) is 53.7 Å². The topological polar surface area (TPSA) is 76.0 Å². The van der Waals surface area contributed by atoms with Crippen LogP contribution in [0.15, 0.2) is 42.6 Å². The summed E-state index contributed by atoms with van der Waals surface area (Å²) in [6.07, 6.45) is 5.76. The predicted octanol–water partition coefficient (Wildman–Crippen LogP) is 2.87. The van der Waals surface area contributed by atoms with E-state index in [4.69, 9.17) is 0 Å². The maximum absolute atomic E-state index is 12.1. The Morgan fingerprint density at radius 1 is 1.25 bits per heavy atom. The van der Waals surface area contributed by atoms with Crippen LogP contribution in [0.25, 0.3) is 6.08 Å². The highest BCUT2D eigenvalue weighted by Crippen LogP contribution is 2.16. The van der Waals surface area contributed by atoms with Crippen LogP contribution in [0.3, 0.4) is 0 Å². The summed E-state index contributed by atoms with van der Waals surface area (Å²) < 4.78 is 1.80. The normalized spacial score (nSPS) is 12.1. The molecular formula is C18H22N4O2. The summed E-state index contributed by atoms with van der Waals surface area (Å²) >= 11 is 0. The van der Waals surface area contributed by atoms with Gasteiger partial charge in [-0.05, 0) is 37.1 Å². The van der Waals surface area contributed by atoms with Crippen LogP contribution in [0.1, 0.15) is 42.2 Å². The van der Waals surface area contributed by atoms with E-state index in [0.717, 1.165) is 12.0 Å². The van der Waals surface area contributed by atoms with Crippen LogP contribution in [-0.2, 0) is 4.79 Å². The molecule has 1 unspecified atom stereocenters. The van der Waals surface area contributed by atoms with E-state index in [0.29, 0.717) is 11.4 Å². The minimum absolute atomic E-state index is 0.137. The third-order valence-electron chi connectivity index (χ3n) is 3.76. The van der Waals surface area contributed by atoms with Crippen molar-refractivity contribution in [1.29, 1.82) is 0 Å². The van der Waals surface area contributed by atoms with Gasteiger partial charge in [0.2, 0.25) is 5.91 Å². The van der Waals surface area contributed by atoms with Gasteiger partial charge in [-0.2, -0.15) is 5.10 Å². The lowest BCUT2D eigenvalue weighted by Crippen LogP contribution is -2.17. The van der Waals surface area contributed by atoms with Crippen molar-refractivity contribution < 1.29 is 9.59 Å². The average molecular weight is 326 g/mol. The van der Waals surface area contributed by atoms with E-state index in [1.807, 2.05) is 6.92 Å². The first kappa shape index (κ1) is 17.5. The molecule has 24 heavy (non-hydrogen) atoms. The molecule has 1 aromatic carbocycles. The fourth-order valence-electron chi connectivity index (χ4n) is 2.17. The number of benzene rings is 1. The van der Waals surface area contributed by atoms with Gasteiger partial charge in [0.25, 0.3) is 5.91 Å². The third kappa shape index (κ3) is 4.32. The lowest BCUT2D eigenvalue weighted by Gasteiger charge is -2.13. The minimum atomic E-state index is -0.226. The molecule has 0 aliphatic rings. The number of anilines is 1. The van der Waals surface area contributed by atoms with Crippen LogP contribution in [0.4, 0.5) is 5.82 Å². The fourth-order valence-corrected chi connectivity index (χ4v) is 2.17. The van der Waals surface area contributed by atoms with Crippen LogP contribution in [0, 0.1) is 0 Å². The monoisotopic (exact) mass is 326 g/mol. The molecule has 1 atom stereocenters. The van der Waals surface area contributed by atoms with Gasteiger partial charge in [0.15, 0.2) is 0 Å². The minimum Gasteiger partial charge on any atom is -0.355 e. The zero-order valence-electron chi connectivity index (χ0n) is 14.1. The zero-order chi connectivity index (χ0) is 17.5. The van der Waals surface area contributed by atoms with Gasteiger partial charge in [0.05, 0.1) is 12.2 Å². The van der Waals surface area contributed by atoms with E-state index in [-0.39, 0.29) is 17.9 Å². The summed E-state index contributed by atoms with van der Waals surface area (Å²) in [6, 6.07) is 9.01. The molecule has 0 radical (unpaired) electrons. The zero-order valence-corrected chi connectivity index (χ0v) is 14.1. The lowest BCUT2D eigenvalue weighted by molar-refractivity contribution is -0.111. The number of rotatable bonds is 6. The Kier molecular flexibility index (Phi) is 5.89. The summed E-state index contributed by atoms with van der Waals surface area (Å²) in [6.45, 7) is 4.12. The molecule has 0 spiro atoms. The van der Waals surface area contributed by atoms with Crippen molar-refractivity contribution in [3.8, 4) is 0 Å². The Bertz CT molecular complexity index is 732. The smallest absolute Gasteiger partial charge is 0.251 e. The largest absolute Gasteiger partial charge is 0.355 e. The lowest BCUT2D eigenvalue weighted by atomic mass is 10.1. The molecule has 1 heterocycles. The Labute approximate surface area is 141 Å². The second-order valence-corrected chi connectivity index (χ2v) is 5.44. The summed E-state index contributed by atoms with van der Waals surface area (Å²) in [5.41, 5.74) is 1.42. The van der Waals surface area contributed by atoms with Gasteiger partial charge in [-0.1, -0.05) is 19.1 Å². The maximum Gasteiger partial charge on any atom is 0.251 e. The summed E-state index contributed by atoms with van der Waals surface area (Å²) in [5, 5.41) is 9.62. The summed E-state index contributed by atoms with van der Waals surface area (Å²) in [5.74, 6) is 0.311. The summed E-state index contributed by atoms with van der Waals surface area (Å²) in [4.78, 5) is 23.5. The van der Waals surface area contributed by atoms with Gasteiger partial charge < -0.3 is 10.6 Å². The number of nitrogens with zero attached hydrogens (tertiary/aromatic N) is 2. The quantitative estimate of drug-likeness (QED) is 0.802. The van der Waals surface area contributed by atoms with Crippen molar-refractivity contribution >= 4 is 23.7 Å². The molecule has 6 nitrogen and oxygen atoms in total.